The van der Waals surface area contributed by atoms with E-state index in [1.807, 2.05) is 6.92 Å². The van der Waals surface area contributed by atoms with Gasteiger partial charge in [0.1, 0.15) is 11.7 Å². The van der Waals surface area contributed by atoms with E-state index in [9.17, 15) is 9.59 Å². The summed E-state index contributed by atoms with van der Waals surface area (Å²) in [4.78, 5) is 27.2. The van der Waals surface area contributed by atoms with E-state index in [4.69, 9.17) is 5.11 Å². The molecule has 19 heavy (non-hydrogen) atoms. The topological polar surface area (TPSA) is 79.3 Å². The van der Waals surface area contributed by atoms with Gasteiger partial charge < -0.3 is 10.4 Å². The lowest BCUT2D eigenvalue weighted by Gasteiger charge is -2.20. The molecule has 0 aliphatic carbocycles. The summed E-state index contributed by atoms with van der Waals surface area (Å²) < 4.78 is 1.24. The van der Waals surface area contributed by atoms with E-state index in [-0.39, 0.29) is 11.6 Å². The number of carbonyl (C=O) groups is 2. The standard InChI is InChI=1S/C12H14Br2N2O3/c1-3-6(2)9(12(18)19)16-11(17)10-8(14)4-7(13)5-15-10/h4-6,9H,3H2,1-2H3,(H,16,17)(H,18,19). The summed E-state index contributed by atoms with van der Waals surface area (Å²) in [5.41, 5.74) is 0.165. The number of hydrogen-bond donors (Lipinski definition) is 2. The number of pyridine rings is 1. The van der Waals surface area contributed by atoms with Crippen LogP contribution in [0.2, 0.25) is 0 Å². The number of carbonyl (C=O) groups excluding carboxylic acids is 1. The molecule has 0 bridgehead atoms. The Morgan fingerprint density at radius 3 is 2.58 bits per heavy atom. The smallest absolute Gasteiger partial charge is 0.326 e. The molecule has 2 N–H and O–H groups in total. The van der Waals surface area contributed by atoms with Crippen LogP contribution in [0.25, 0.3) is 0 Å². The highest BCUT2D eigenvalue weighted by atomic mass is 79.9. The summed E-state index contributed by atoms with van der Waals surface area (Å²) >= 11 is 6.46. The number of amides is 1. The van der Waals surface area contributed by atoms with Crippen LogP contribution in [0.4, 0.5) is 0 Å². The first-order valence-electron chi connectivity index (χ1n) is 5.71. The van der Waals surface area contributed by atoms with Gasteiger partial charge in [-0.05, 0) is 43.8 Å². The number of hydrogen-bond acceptors (Lipinski definition) is 3. The summed E-state index contributed by atoms with van der Waals surface area (Å²) in [6, 6.07) is 0.760. The van der Waals surface area contributed by atoms with Gasteiger partial charge in [0.15, 0.2) is 0 Å². The second-order valence-electron chi connectivity index (χ2n) is 4.16. The molecule has 1 aromatic rings. The van der Waals surface area contributed by atoms with Gasteiger partial charge >= 0.3 is 5.97 Å². The van der Waals surface area contributed by atoms with Crippen molar-refractivity contribution < 1.29 is 14.7 Å². The fraction of sp³-hybridized carbons (Fsp3) is 0.417. The van der Waals surface area contributed by atoms with Gasteiger partial charge in [-0.1, -0.05) is 20.3 Å². The Labute approximate surface area is 128 Å². The van der Waals surface area contributed by atoms with Crippen molar-refractivity contribution in [1.29, 1.82) is 0 Å². The summed E-state index contributed by atoms with van der Waals surface area (Å²) in [7, 11) is 0. The number of rotatable bonds is 5. The highest BCUT2D eigenvalue weighted by Gasteiger charge is 2.26. The third kappa shape index (κ3) is 4.28. The third-order valence-electron chi connectivity index (χ3n) is 2.79. The van der Waals surface area contributed by atoms with E-state index in [1.54, 1.807) is 13.0 Å². The molecule has 0 aliphatic rings. The van der Waals surface area contributed by atoms with Crippen LogP contribution >= 0.6 is 31.9 Å². The van der Waals surface area contributed by atoms with Crippen LogP contribution in [0.3, 0.4) is 0 Å². The first kappa shape index (κ1) is 16.1. The highest BCUT2D eigenvalue weighted by molar-refractivity contribution is 9.11. The lowest BCUT2D eigenvalue weighted by Crippen LogP contribution is -2.45. The summed E-state index contributed by atoms with van der Waals surface area (Å²) in [5, 5.41) is 11.6. The zero-order chi connectivity index (χ0) is 14.6. The van der Waals surface area contributed by atoms with Crippen molar-refractivity contribution in [3.63, 3.8) is 0 Å². The van der Waals surface area contributed by atoms with Crippen LogP contribution in [0.15, 0.2) is 21.2 Å². The second kappa shape index (κ2) is 7.00. The van der Waals surface area contributed by atoms with Crippen LogP contribution < -0.4 is 5.32 Å². The monoisotopic (exact) mass is 392 g/mol. The Hall–Kier alpha value is -0.950. The third-order valence-corrected chi connectivity index (χ3v) is 3.83. The molecular weight excluding hydrogens is 380 g/mol. The normalized spacial score (nSPS) is 13.7. The van der Waals surface area contributed by atoms with Crippen LogP contribution in [-0.2, 0) is 4.79 Å². The first-order valence-corrected chi connectivity index (χ1v) is 7.30. The lowest BCUT2D eigenvalue weighted by atomic mass is 9.99. The van der Waals surface area contributed by atoms with Gasteiger partial charge in [-0.2, -0.15) is 0 Å². The van der Waals surface area contributed by atoms with Crippen molar-refractivity contribution >= 4 is 43.7 Å². The molecule has 0 fully saturated rings. The minimum absolute atomic E-state index is 0.157. The molecule has 2 atom stereocenters. The molecule has 1 amide bonds. The second-order valence-corrected chi connectivity index (χ2v) is 5.93. The molecule has 104 valence electrons. The van der Waals surface area contributed by atoms with Crippen LogP contribution in [0, 0.1) is 5.92 Å². The molecule has 0 radical (unpaired) electrons. The van der Waals surface area contributed by atoms with Gasteiger partial charge in [0.2, 0.25) is 0 Å². The van der Waals surface area contributed by atoms with E-state index in [0.717, 1.165) is 4.47 Å². The fourth-order valence-corrected chi connectivity index (χ4v) is 2.64. The number of aliphatic carboxylic acids is 1. The Morgan fingerprint density at radius 2 is 2.11 bits per heavy atom. The molecule has 1 aromatic heterocycles. The van der Waals surface area contributed by atoms with Crippen molar-refractivity contribution in [1.82, 2.24) is 10.3 Å². The quantitative estimate of drug-likeness (QED) is 0.806. The Kier molecular flexibility index (Phi) is 5.93. The summed E-state index contributed by atoms with van der Waals surface area (Å²) in [6.45, 7) is 3.66. The number of carboxylic acids is 1. The van der Waals surface area contributed by atoms with Crippen molar-refractivity contribution in [2.24, 2.45) is 5.92 Å². The minimum atomic E-state index is -1.05. The Balaban J connectivity index is 2.91. The molecule has 5 nitrogen and oxygen atoms in total. The van der Waals surface area contributed by atoms with E-state index in [0.29, 0.717) is 10.9 Å². The zero-order valence-electron chi connectivity index (χ0n) is 10.5. The average Bonchev–Trinajstić information content (AvgIpc) is 2.34. The number of nitrogens with zero attached hydrogens (tertiary/aromatic N) is 1. The highest BCUT2D eigenvalue weighted by Crippen LogP contribution is 2.20. The van der Waals surface area contributed by atoms with Crippen LogP contribution in [0.5, 0.6) is 0 Å². The largest absolute Gasteiger partial charge is 0.480 e. The van der Waals surface area contributed by atoms with Gasteiger partial charge in [-0.3, -0.25) is 4.79 Å². The van der Waals surface area contributed by atoms with Crippen molar-refractivity contribution in [3.8, 4) is 0 Å². The van der Waals surface area contributed by atoms with Crippen LogP contribution in [0.1, 0.15) is 30.8 Å². The molecule has 1 rings (SSSR count). The number of nitrogens with one attached hydrogen (secondary N) is 1. The van der Waals surface area contributed by atoms with Gasteiger partial charge in [0, 0.05) is 10.7 Å². The summed E-state index contributed by atoms with van der Waals surface area (Å²) in [5.74, 6) is -1.71. The maximum atomic E-state index is 12.0. The SMILES string of the molecule is CCC(C)C(NC(=O)c1ncc(Br)cc1Br)C(=O)O. The van der Waals surface area contributed by atoms with Gasteiger partial charge in [-0.15, -0.1) is 0 Å². The van der Waals surface area contributed by atoms with E-state index in [2.05, 4.69) is 42.2 Å². The van der Waals surface area contributed by atoms with Gasteiger partial charge in [-0.25, -0.2) is 9.78 Å². The molecule has 7 heteroatoms. The van der Waals surface area contributed by atoms with E-state index < -0.39 is 17.9 Å². The van der Waals surface area contributed by atoms with Crippen molar-refractivity contribution in [2.75, 3.05) is 0 Å². The molecule has 0 saturated heterocycles. The maximum Gasteiger partial charge on any atom is 0.326 e. The molecule has 0 aliphatic heterocycles. The molecule has 1 heterocycles. The molecule has 2 unspecified atom stereocenters. The van der Waals surface area contributed by atoms with E-state index in [1.165, 1.54) is 6.20 Å². The molecular formula is C12H14Br2N2O3. The molecule has 0 aromatic carbocycles. The zero-order valence-corrected chi connectivity index (χ0v) is 13.7. The minimum Gasteiger partial charge on any atom is -0.480 e. The predicted octanol–water partition coefficient (Wildman–Crippen LogP) is 2.84. The number of aromatic nitrogens is 1. The van der Waals surface area contributed by atoms with Gasteiger partial charge in [0.25, 0.3) is 5.91 Å². The van der Waals surface area contributed by atoms with Crippen molar-refractivity contribution in [3.05, 3.63) is 26.9 Å². The maximum absolute atomic E-state index is 12.0. The predicted molar refractivity (Wildman–Crippen MR) is 78.0 cm³/mol. The number of halogens is 2. The van der Waals surface area contributed by atoms with Crippen LogP contribution in [-0.4, -0.2) is 28.0 Å². The van der Waals surface area contributed by atoms with Crippen molar-refractivity contribution in [2.45, 2.75) is 26.3 Å². The average molecular weight is 394 g/mol. The molecule has 0 saturated carbocycles. The first-order chi connectivity index (χ1) is 8.86. The Morgan fingerprint density at radius 1 is 1.47 bits per heavy atom. The number of carboxylic acid groups (broad SMARTS) is 1. The van der Waals surface area contributed by atoms with E-state index >= 15 is 0 Å². The summed E-state index contributed by atoms with van der Waals surface area (Å²) in [6.07, 6.45) is 2.14. The van der Waals surface area contributed by atoms with Gasteiger partial charge in [0.05, 0.1) is 4.47 Å². The lowest BCUT2D eigenvalue weighted by molar-refractivity contribution is -0.140. The Bertz CT molecular complexity index is 494. The molecule has 0 spiro atoms. The fourth-order valence-electron chi connectivity index (χ4n) is 1.47.